The van der Waals surface area contributed by atoms with Gasteiger partial charge in [-0.05, 0) is 13.0 Å². The van der Waals surface area contributed by atoms with E-state index in [0.717, 1.165) is 6.07 Å². The van der Waals surface area contributed by atoms with Crippen molar-refractivity contribution in [3.63, 3.8) is 0 Å². The van der Waals surface area contributed by atoms with Gasteiger partial charge in [0.15, 0.2) is 5.82 Å². The Morgan fingerprint density at radius 2 is 2.25 bits per heavy atom. The SMILES string of the molecule is CN1c2c(F)cc(F)cc2OCC1CCN. The second-order valence-electron chi connectivity index (χ2n) is 3.89. The molecule has 0 amide bonds. The number of ether oxygens (including phenoxy) is 1. The molecule has 1 aliphatic rings. The van der Waals surface area contributed by atoms with Gasteiger partial charge >= 0.3 is 0 Å². The summed E-state index contributed by atoms with van der Waals surface area (Å²) in [5.74, 6) is -0.964. The highest BCUT2D eigenvalue weighted by Crippen LogP contribution is 2.36. The Balaban J connectivity index is 2.36. The molecule has 0 radical (unpaired) electrons. The van der Waals surface area contributed by atoms with Crippen LogP contribution in [0.4, 0.5) is 14.5 Å². The Bertz CT molecular complexity index is 398. The van der Waals surface area contributed by atoms with Gasteiger partial charge in [0.2, 0.25) is 0 Å². The molecule has 1 aromatic rings. The van der Waals surface area contributed by atoms with Crippen molar-refractivity contribution in [1.82, 2.24) is 0 Å². The van der Waals surface area contributed by atoms with E-state index in [4.69, 9.17) is 10.5 Å². The van der Waals surface area contributed by atoms with Gasteiger partial charge in [-0.25, -0.2) is 8.78 Å². The monoisotopic (exact) mass is 228 g/mol. The molecule has 1 aromatic carbocycles. The number of nitrogens with two attached hydrogens (primary N) is 1. The fraction of sp³-hybridized carbons (Fsp3) is 0.455. The standard InChI is InChI=1S/C11H14F2N2O/c1-15-8(2-3-14)6-16-10-5-7(12)4-9(13)11(10)15/h4-5,8H,2-3,6,14H2,1H3. The molecule has 3 nitrogen and oxygen atoms in total. The fourth-order valence-corrected chi connectivity index (χ4v) is 1.94. The van der Waals surface area contributed by atoms with E-state index in [1.165, 1.54) is 6.07 Å². The molecule has 0 aliphatic carbocycles. The summed E-state index contributed by atoms with van der Waals surface area (Å²) in [6, 6.07) is 2.11. The smallest absolute Gasteiger partial charge is 0.153 e. The Hall–Kier alpha value is -1.36. The van der Waals surface area contributed by atoms with Crippen LogP contribution in [0.1, 0.15) is 6.42 Å². The molecule has 16 heavy (non-hydrogen) atoms. The minimum Gasteiger partial charge on any atom is -0.489 e. The number of fused-ring (bicyclic) bond motifs is 1. The normalized spacial score (nSPS) is 19.2. The number of rotatable bonds is 2. The maximum atomic E-state index is 13.6. The lowest BCUT2D eigenvalue weighted by Gasteiger charge is -2.35. The third kappa shape index (κ3) is 1.82. The van der Waals surface area contributed by atoms with Crippen molar-refractivity contribution in [3.05, 3.63) is 23.8 Å². The first-order valence-corrected chi connectivity index (χ1v) is 5.18. The van der Waals surface area contributed by atoms with Crippen molar-refractivity contribution < 1.29 is 13.5 Å². The molecule has 2 rings (SSSR count). The maximum Gasteiger partial charge on any atom is 0.153 e. The molecule has 88 valence electrons. The zero-order valence-electron chi connectivity index (χ0n) is 9.04. The first kappa shape index (κ1) is 11.1. The van der Waals surface area contributed by atoms with E-state index in [1.807, 2.05) is 0 Å². The van der Waals surface area contributed by atoms with E-state index < -0.39 is 11.6 Å². The molecule has 1 heterocycles. The molecule has 1 aliphatic heterocycles. The average molecular weight is 228 g/mol. The average Bonchev–Trinajstić information content (AvgIpc) is 2.21. The zero-order chi connectivity index (χ0) is 11.7. The summed E-state index contributed by atoms with van der Waals surface area (Å²) in [4.78, 5) is 1.76. The first-order valence-electron chi connectivity index (χ1n) is 5.18. The highest BCUT2D eigenvalue weighted by Gasteiger charge is 2.27. The summed E-state index contributed by atoms with van der Waals surface area (Å²) in [5, 5.41) is 0. The van der Waals surface area contributed by atoms with Crippen molar-refractivity contribution in [2.24, 2.45) is 5.73 Å². The molecule has 0 aromatic heterocycles. The summed E-state index contributed by atoms with van der Waals surface area (Å²) in [5.41, 5.74) is 5.78. The van der Waals surface area contributed by atoms with Crippen molar-refractivity contribution in [1.29, 1.82) is 0 Å². The molecule has 2 N–H and O–H groups in total. The van der Waals surface area contributed by atoms with E-state index in [0.29, 0.717) is 25.3 Å². The first-order chi connectivity index (χ1) is 7.63. The molecule has 1 unspecified atom stereocenters. The summed E-state index contributed by atoms with van der Waals surface area (Å²) >= 11 is 0. The van der Waals surface area contributed by atoms with Gasteiger partial charge in [0.05, 0.1) is 6.04 Å². The minimum atomic E-state index is -0.623. The Kier molecular flexibility index (Phi) is 2.96. The van der Waals surface area contributed by atoms with Crippen LogP contribution in [-0.4, -0.2) is 26.2 Å². The summed E-state index contributed by atoms with van der Waals surface area (Å²) in [6.07, 6.45) is 0.715. The second-order valence-corrected chi connectivity index (χ2v) is 3.89. The number of hydrogen-bond donors (Lipinski definition) is 1. The van der Waals surface area contributed by atoms with E-state index in [9.17, 15) is 8.78 Å². The van der Waals surface area contributed by atoms with Crippen molar-refractivity contribution in [2.45, 2.75) is 12.5 Å². The molecule has 0 bridgehead atoms. The topological polar surface area (TPSA) is 38.5 Å². The van der Waals surface area contributed by atoms with Crippen LogP contribution in [-0.2, 0) is 0 Å². The largest absolute Gasteiger partial charge is 0.489 e. The van der Waals surface area contributed by atoms with Crippen LogP contribution in [0.3, 0.4) is 0 Å². The van der Waals surface area contributed by atoms with E-state index in [2.05, 4.69) is 0 Å². The maximum absolute atomic E-state index is 13.6. The van der Waals surface area contributed by atoms with Gasteiger partial charge in [0.1, 0.15) is 23.9 Å². The van der Waals surface area contributed by atoms with Gasteiger partial charge in [-0.15, -0.1) is 0 Å². The Labute approximate surface area is 92.8 Å². The van der Waals surface area contributed by atoms with Crippen molar-refractivity contribution in [2.75, 3.05) is 25.1 Å². The number of benzene rings is 1. The predicted octanol–water partition coefficient (Wildman–Crippen LogP) is 1.51. The highest BCUT2D eigenvalue weighted by molar-refractivity contribution is 5.61. The summed E-state index contributed by atoms with van der Waals surface area (Å²) < 4.78 is 31.9. The van der Waals surface area contributed by atoms with Crippen LogP contribution >= 0.6 is 0 Å². The van der Waals surface area contributed by atoms with Gasteiger partial charge in [0.25, 0.3) is 0 Å². The lowest BCUT2D eigenvalue weighted by Crippen LogP contribution is -2.42. The van der Waals surface area contributed by atoms with Crippen LogP contribution in [0.2, 0.25) is 0 Å². The summed E-state index contributed by atoms with van der Waals surface area (Å²) in [6.45, 7) is 0.917. The number of hydrogen-bond acceptors (Lipinski definition) is 3. The molecule has 0 saturated carbocycles. The Morgan fingerprint density at radius 3 is 2.94 bits per heavy atom. The molecular formula is C11H14F2N2O. The zero-order valence-corrected chi connectivity index (χ0v) is 9.04. The quantitative estimate of drug-likeness (QED) is 0.833. The highest BCUT2D eigenvalue weighted by atomic mass is 19.1. The van der Waals surface area contributed by atoms with Crippen LogP contribution in [0, 0.1) is 11.6 Å². The third-order valence-electron chi connectivity index (χ3n) is 2.82. The minimum absolute atomic E-state index is 0.0393. The van der Waals surface area contributed by atoms with Gasteiger partial charge in [0, 0.05) is 19.2 Å². The van der Waals surface area contributed by atoms with Gasteiger partial charge in [-0.2, -0.15) is 0 Å². The second kappa shape index (κ2) is 4.25. The molecular weight excluding hydrogens is 214 g/mol. The van der Waals surface area contributed by atoms with Crippen LogP contribution in [0.25, 0.3) is 0 Å². The number of anilines is 1. The third-order valence-corrected chi connectivity index (χ3v) is 2.82. The van der Waals surface area contributed by atoms with Gasteiger partial charge < -0.3 is 15.4 Å². The van der Waals surface area contributed by atoms with Crippen LogP contribution in [0.15, 0.2) is 12.1 Å². The van der Waals surface area contributed by atoms with Gasteiger partial charge in [-0.3, -0.25) is 0 Å². The molecule has 0 fully saturated rings. The molecule has 5 heteroatoms. The van der Waals surface area contributed by atoms with Gasteiger partial charge in [-0.1, -0.05) is 0 Å². The molecule has 0 spiro atoms. The summed E-state index contributed by atoms with van der Waals surface area (Å²) in [7, 11) is 1.77. The van der Waals surface area contributed by atoms with E-state index in [1.54, 1.807) is 11.9 Å². The predicted molar refractivity (Wildman–Crippen MR) is 57.7 cm³/mol. The van der Waals surface area contributed by atoms with E-state index in [-0.39, 0.29) is 11.8 Å². The molecule has 1 atom stereocenters. The van der Waals surface area contributed by atoms with Crippen molar-refractivity contribution in [3.8, 4) is 5.75 Å². The van der Waals surface area contributed by atoms with Crippen LogP contribution < -0.4 is 15.4 Å². The Morgan fingerprint density at radius 1 is 1.50 bits per heavy atom. The van der Waals surface area contributed by atoms with E-state index >= 15 is 0 Å². The lowest BCUT2D eigenvalue weighted by molar-refractivity contribution is 0.257. The number of halogens is 2. The van der Waals surface area contributed by atoms with Crippen LogP contribution in [0.5, 0.6) is 5.75 Å². The number of likely N-dealkylation sites (N-methyl/N-ethyl adjacent to an activating group) is 1. The number of nitrogens with zero attached hydrogens (tertiary/aromatic N) is 1. The fourth-order valence-electron chi connectivity index (χ4n) is 1.94. The molecule has 0 saturated heterocycles. The lowest BCUT2D eigenvalue weighted by atomic mass is 10.1. The van der Waals surface area contributed by atoms with Crippen molar-refractivity contribution >= 4 is 5.69 Å².